The lowest BCUT2D eigenvalue weighted by atomic mass is 9.95. The maximum Gasteiger partial charge on any atom is 0.243 e. The van der Waals surface area contributed by atoms with Crippen molar-refractivity contribution in [2.24, 2.45) is 5.92 Å². The van der Waals surface area contributed by atoms with Crippen LogP contribution in [0.15, 0.2) is 35.4 Å². The Morgan fingerprint density at radius 3 is 3.00 bits per heavy atom. The number of nitrogens with one attached hydrogen (secondary N) is 1. The Morgan fingerprint density at radius 2 is 2.32 bits per heavy atom. The molecule has 1 atom stereocenters. The Labute approximate surface area is 113 Å². The normalized spacial score (nSPS) is 19.0. The van der Waals surface area contributed by atoms with E-state index < -0.39 is 10.0 Å². The molecule has 1 aromatic rings. The van der Waals surface area contributed by atoms with Crippen molar-refractivity contribution < 1.29 is 8.42 Å². The predicted octanol–water partition coefficient (Wildman–Crippen LogP) is 1.59. The molecule has 0 saturated carbocycles. The fourth-order valence-corrected chi connectivity index (χ4v) is 3.26. The second-order valence-corrected chi connectivity index (χ2v) is 6.20. The van der Waals surface area contributed by atoms with Crippen LogP contribution in [0, 0.1) is 17.2 Å². The van der Waals surface area contributed by atoms with Crippen molar-refractivity contribution in [3.05, 3.63) is 36.2 Å². The van der Waals surface area contributed by atoms with Gasteiger partial charge in [-0.15, -0.1) is 0 Å². The van der Waals surface area contributed by atoms with E-state index in [1.165, 1.54) is 18.3 Å². The molecule has 1 aliphatic carbocycles. The molecule has 1 aromatic heterocycles. The summed E-state index contributed by atoms with van der Waals surface area (Å²) in [5.41, 5.74) is -0.0708. The van der Waals surface area contributed by atoms with Crippen LogP contribution in [-0.4, -0.2) is 19.9 Å². The van der Waals surface area contributed by atoms with Crippen LogP contribution in [0.5, 0.6) is 0 Å². The molecular formula is C13H15N3O2S. The molecule has 0 radical (unpaired) electrons. The van der Waals surface area contributed by atoms with Crippen LogP contribution in [0.4, 0.5) is 0 Å². The summed E-state index contributed by atoms with van der Waals surface area (Å²) in [4.78, 5) is 3.71. The quantitative estimate of drug-likeness (QED) is 0.847. The first-order chi connectivity index (χ1) is 9.13. The molecule has 100 valence electrons. The van der Waals surface area contributed by atoms with Gasteiger partial charge in [-0.2, -0.15) is 5.26 Å². The predicted molar refractivity (Wildman–Crippen MR) is 70.6 cm³/mol. The molecule has 5 nitrogen and oxygen atoms in total. The maximum absolute atomic E-state index is 12.1. The minimum atomic E-state index is -3.66. The number of sulfonamides is 1. The van der Waals surface area contributed by atoms with Crippen LogP contribution in [0.25, 0.3) is 0 Å². The van der Waals surface area contributed by atoms with Gasteiger partial charge in [0.15, 0.2) is 5.69 Å². The average Bonchev–Trinajstić information content (AvgIpc) is 2.46. The highest BCUT2D eigenvalue weighted by Gasteiger charge is 2.20. The monoisotopic (exact) mass is 277 g/mol. The van der Waals surface area contributed by atoms with Gasteiger partial charge >= 0.3 is 0 Å². The van der Waals surface area contributed by atoms with Gasteiger partial charge in [0.2, 0.25) is 10.0 Å². The molecule has 0 amide bonds. The summed E-state index contributed by atoms with van der Waals surface area (Å²) in [5.74, 6) is 0.321. The van der Waals surface area contributed by atoms with Gasteiger partial charge in [-0.1, -0.05) is 12.2 Å². The first-order valence-electron chi connectivity index (χ1n) is 6.13. The number of pyridine rings is 1. The molecular weight excluding hydrogens is 262 g/mol. The van der Waals surface area contributed by atoms with Crippen molar-refractivity contribution in [3.8, 4) is 6.07 Å². The van der Waals surface area contributed by atoms with Crippen molar-refractivity contribution in [2.45, 2.75) is 24.2 Å². The molecule has 0 aromatic carbocycles. The van der Waals surface area contributed by atoms with Gasteiger partial charge in [0.1, 0.15) is 11.0 Å². The van der Waals surface area contributed by atoms with E-state index >= 15 is 0 Å². The van der Waals surface area contributed by atoms with E-state index in [2.05, 4.69) is 21.9 Å². The van der Waals surface area contributed by atoms with Crippen molar-refractivity contribution in [3.63, 3.8) is 0 Å². The highest BCUT2D eigenvalue weighted by atomic mass is 32.2. The standard InChI is InChI=1S/C13H15N3O2S/c14-9-12-13(7-4-8-15-12)19(17,18)16-10-11-5-2-1-3-6-11/h1-2,4,7-8,11,16H,3,5-6,10H2. The molecule has 2 rings (SSSR count). The third-order valence-electron chi connectivity index (χ3n) is 3.11. The molecule has 1 heterocycles. The Kier molecular flexibility index (Phi) is 4.30. The third kappa shape index (κ3) is 3.40. The van der Waals surface area contributed by atoms with Crippen LogP contribution in [0.3, 0.4) is 0 Å². The number of nitriles is 1. The van der Waals surface area contributed by atoms with Crippen LogP contribution < -0.4 is 4.72 Å². The topological polar surface area (TPSA) is 82.8 Å². The van der Waals surface area contributed by atoms with Gasteiger partial charge in [0, 0.05) is 12.7 Å². The van der Waals surface area contributed by atoms with Crippen LogP contribution in [0.1, 0.15) is 25.0 Å². The van der Waals surface area contributed by atoms with Crippen molar-refractivity contribution >= 4 is 10.0 Å². The van der Waals surface area contributed by atoms with Gasteiger partial charge in [-0.05, 0) is 37.3 Å². The van der Waals surface area contributed by atoms with Crippen LogP contribution in [0.2, 0.25) is 0 Å². The van der Waals surface area contributed by atoms with E-state index in [9.17, 15) is 8.42 Å². The summed E-state index contributed by atoms with van der Waals surface area (Å²) < 4.78 is 26.8. The molecule has 1 aliphatic rings. The zero-order chi connectivity index (χ0) is 13.7. The molecule has 6 heteroatoms. The number of rotatable bonds is 4. The second-order valence-electron chi connectivity index (χ2n) is 4.46. The van der Waals surface area contributed by atoms with E-state index in [1.54, 1.807) is 6.07 Å². The van der Waals surface area contributed by atoms with E-state index in [1.807, 2.05) is 0 Å². The SMILES string of the molecule is N#Cc1ncccc1S(=O)(=O)NCC1CC=CCC1. The third-order valence-corrected chi connectivity index (χ3v) is 4.56. The van der Waals surface area contributed by atoms with Gasteiger partial charge in [-0.25, -0.2) is 18.1 Å². The zero-order valence-electron chi connectivity index (χ0n) is 10.4. The molecule has 19 heavy (non-hydrogen) atoms. The van der Waals surface area contributed by atoms with Crippen molar-refractivity contribution in [1.29, 1.82) is 5.26 Å². The maximum atomic E-state index is 12.1. The summed E-state index contributed by atoms with van der Waals surface area (Å²) in [6.07, 6.45) is 8.46. The highest BCUT2D eigenvalue weighted by Crippen LogP contribution is 2.18. The largest absolute Gasteiger partial charge is 0.244 e. The van der Waals surface area contributed by atoms with Gasteiger partial charge in [-0.3, -0.25) is 0 Å². The Bertz CT molecular complexity index is 617. The minimum absolute atomic E-state index is 0.0520. The van der Waals surface area contributed by atoms with Gasteiger partial charge < -0.3 is 0 Å². The molecule has 0 bridgehead atoms. The Morgan fingerprint density at radius 1 is 1.47 bits per heavy atom. The molecule has 1 N–H and O–H groups in total. The summed E-state index contributed by atoms with van der Waals surface area (Å²) >= 11 is 0. The molecule has 0 spiro atoms. The Hall–Kier alpha value is -1.71. The van der Waals surface area contributed by atoms with Gasteiger partial charge in [0.25, 0.3) is 0 Å². The molecule has 0 saturated heterocycles. The molecule has 1 unspecified atom stereocenters. The number of hydrogen-bond acceptors (Lipinski definition) is 4. The summed E-state index contributed by atoms with van der Waals surface area (Å²) in [6.45, 7) is 0.395. The average molecular weight is 277 g/mol. The Balaban J connectivity index is 2.10. The lowest BCUT2D eigenvalue weighted by Crippen LogP contribution is -2.30. The molecule has 0 aliphatic heterocycles. The first-order valence-corrected chi connectivity index (χ1v) is 7.61. The fraction of sp³-hybridized carbons (Fsp3) is 0.385. The molecule has 0 fully saturated rings. The minimum Gasteiger partial charge on any atom is -0.244 e. The summed E-state index contributed by atoms with van der Waals surface area (Å²) in [6, 6.07) is 4.71. The van der Waals surface area contributed by atoms with E-state index in [4.69, 9.17) is 5.26 Å². The highest BCUT2D eigenvalue weighted by molar-refractivity contribution is 7.89. The van der Waals surface area contributed by atoms with Crippen molar-refractivity contribution in [2.75, 3.05) is 6.54 Å². The number of hydrogen-bond donors (Lipinski definition) is 1. The summed E-state index contributed by atoms with van der Waals surface area (Å²) in [5, 5.41) is 8.88. The first kappa shape index (κ1) is 13.7. The van der Waals surface area contributed by atoms with E-state index in [-0.39, 0.29) is 10.6 Å². The second kappa shape index (κ2) is 5.95. The van der Waals surface area contributed by atoms with Crippen LogP contribution in [-0.2, 0) is 10.0 Å². The lowest BCUT2D eigenvalue weighted by Gasteiger charge is -2.18. The summed E-state index contributed by atoms with van der Waals surface area (Å²) in [7, 11) is -3.66. The lowest BCUT2D eigenvalue weighted by molar-refractivity contribution is 0.468. The number of nitrogens with zero attached hydrogens (tertiary/aromatic N) is 2. The zero-order valence-corrected chi connectivity index (χ0v) is 11.2. The van der Waals surface area contributed by atoms with E-state index in [0.717, 1.165) is 19.3 Å². The van der Waals surface area contributed by atoms with Crippen LogP contribution >= 0.6 is 0 Å². The number of allylic oxidation sites excluding steroid dienone is 2. The van der Waals surface area contributed by atoms with Crippen molar-refractivity contribution in [1.82, 2.24) is 9.71 Å². The smallest absolute Gasteiger partial charge is 0.243 e. The van der Waals surface area contributed by atoms with E-state index in [0.29, 0.717) is 12.5 Å². The van der Waals surface area contributed by atoms with Gasteiger partial charge in [0.05, 0.1) is 0 Å². The number of aromatic nitrogens is 1. The fourth-order valence-electron chi connectivity index (χ4n) is 2.04.